The minimum atomic E-state index is -1.19. The van der Waals surface area contributed by atoms with E-state index in [-0.39, 0.29) is 0 Å². The second-order valence-corrected chi connectivity index (χ2v) is 3.10. The fourth-order valence-corrected chi connectivity index (χ4v) is 1.02. The van der Waals surface area contributed by atoms with Gasteiger partial charge in [-0.15, -0.1) is 0 Å². The van der Waals surface area contributed by atoms with Crippen LogP contribution in [0.1, 0.15) is 18.9 Å². The summed E-state index contributed by atoms with van der Waals surface area (Å²) in [5, 5.41) is 8.37. The highest BCUT2D eigenvalue weighted by atomic mass is 35.5. The Balaban J connectivity index is 2.93. The van der Waals surface area contributed by atoms with Crippen LogP contribution in [0, 0.1) is 0 Å². The largest absolute Gasteiger partial charge is 0.371 e. The Labute approximate surface area is 71.6 Å². The van der Waals surface area contributed by atoms with E-state index in [1.165, 1.54) is 0 Å². The summed E-state index contributed by atoms with van der Waals surface area (Å²) < 4.78 is 0. The Morgan fingerprint density at radius 1 is 1.36 bits per heavy atom. The maximum atomic E-state index is 9.56. The zero-order chi connectivity index (χ0) is 8.32. The van der Waals surface area contributed by atoms with Gasteiger partial charge < -0.3 is 5.11 Å². The maximum Gasteiger partial charge on any atom is 0.164 e. The zero-order valence-electron chi connectivity index (χ0n) is 6.42. The van der Waals surface area contributed by atoms with E-state index >= 15 is 0 Å². The number of aliphatic hydroxyl groups is 1. The van der Waals surface area contributed by atoms with Crippen molar-refractivity contribution in [3.8, 4) is 0 Å². The van der Waals surface area contributed by atoms with Gasteiger partial charge in [0.15, 0.2) is 5.06 Å². The van der Waals surface area contributed by atoms with Crippen LogP contribution in [-0.4, -0.2) is 5.11 Å². The molecule has 0 aliphatic heterocycles. The molecule has 1 rings (SSSR count). The molecule has 0 spiro atoms. The van der Waals surface area contributed by atoms with Crippen molar-refractivity contribution in [3.05, 3.63) is 35.9 Å². The summed E-state index contributed by atoms with van der Waals surface area (Å²) in [6.45, 7) is 1.85. The van der Waals surface area contributed by atoms with Crippen molar-refractivity contribution in [2.75, 3.05) is 0 Å². The van der Waals surface area contributed by atoms with Crippen molar-refractivity contribution in [1.29, 1.82) is 0 Å². The maximum absolute atomic E-state index is 9.56. The molecule has 0 fully saturated rings. The summed E-state index contributed by atoms with van der Waals surface area (Å²) in [5.41, 5.74) is 0.754. The first kappa shape index (κ1) is 8.57. The van der Waals surface area contributed by atoms with Gasteiger partial charge in [-0.05, 0) is 12.0 Å². The van der Waals surface area contributed by atoms with Gasteiger partial charge in [0.1, 0.15) is 0 Å². The van der Waals surface area contributed by atoms with Crippen LogP contribution in [0.4, 0.5) is 0 Å². The molecule has 1 nitrogen and oxygen atoms in total. The summed E-state index contributed by atoms with van der Waals surface area (Å²) in [5.74, 6) is 0. The second-order valence-electron chi connectivity index (χ2n) is 2.48. The minimum Gasteiger partial charge on any atom is -0.371 e. The fourth-order valence-electron chi connectivity index (χ4n) is 0.898. The lowest BCUT2D eigenvalue weighted by Gasteiger charge is -2.18. The molecule has 0 heterocycles. The molecule has 0 aliphatic rings. The number of halogens is 1. The first-order valence-corrected chi connectivity index (χ1v) is 4.01. The molecule has 1 atom stereocenters. The molecule has 0 radical (unpaired) electrons. The van der Waals surface area contributed by atoms with Gasteiger partial charge in [0.25, 0.3) is 0 Å². The molecule has 1 aromatic rings. The highest BCUT2D eigenvalue weighted by molar-refractivity contribution is 6.22. The number of benzene rings is 1. The summed E-state index contributed by atoms with van der Waals surface area (Å²) in [6, 6.07) is 9.25. The molecular weight excluding hydrogens is 160 g/mol. The second kappa shape index (κ2) is 3.24. The first-order valence-electron chi connectivity index (χ1n) is 3.63. The number of hydrogen-bond donors (Lipinski definition) is 1. The number of rotatable bonds is 2. The summed E-state index contributed by atoms with van der Waals surface area (Å²) in [6.07, 6.45) is 0.512. The zero-order valence-corrected chi connectivity index (χ0v) is 7.17. The van der Waals surface area contributed by atoms with E-state index in [0.29, 0.717) is 6.42 Å². The van der Waals surface area contributed by atoms with Crippen molar-refractivity contribution in [2.45, 2.75) is 18.4 Å². The molecule has 0 saturated heterocycles. The van der Waals surface area contributed by atoms with Crippen LogP contribution in [0.15, 0.2) is 30.3 Å². The lowest BCUT2D eigenvalue weighted by atomic mass is 10.1. The van der Waals surface area contributed by atoms with E-state index in [1.807, 2.05) is 37.3 Å². The lowest BCUT2D eigenvalue weighted by molar-refractivity contribution is 0.124. The Hall–Kier alpha value is -0.530. The molecule has 11 heavy (non-hydrogen) atoms. The van der Waals surface area contributed by atoms with Gasteiger partial charge in [-0.3, -0.25) is 0 Å². The van der Waals surface area contributed by atoms with Crippen LogP contribution in [0.25, 0.3) is 0 Å². The third-order valence-corrected chi connectivity index (χ3v) is 2.17. The smallest absolute Gasteiger partial charge is 0.164 e. The van der Waals surface area contributed by atoms with Gasteiger partial charge in [-0.25, -0.2) is 0 Å². The Bertz CT molecular complexity index is 218. The third-order valence-electron chi connectivity index (χ3n) is 1.68. The Kier molecular flexibility index (Phi) is 2.53. The number of alkyl halides is 1. The summed E-state index contributed by atoms with van der Waals surface area (Å²) in [7, 11) is 0. The van der Waals surface area contributed by atoms with E-state index in [2.05, 4.69) is 0 Å². The molecule has 0 saturated carbocycles. The van der Waals surface area contributed by atoms with Gasteiger partial charge in [-0.2, -0.15) is 0 Å². The average molecular weight is 171 g/mol. The molecule has 2 heteroatoms. The molecule has 1 N–H and O–H groups in total. The molecule has 0 aliphatic carbocycles. The predicted molar refractivity (Wildman–Crippen MR) is 46.5 cm³/mol. The van der Waals surface area contributed by atoms with Crippen LogP contribution in [0.3, 0.4) is 0 Å². The predicted octanol–water partition coefficient (Wildman–Crippen LogP) is 2.48. The summed E-state index contributed by atoms with van der Waals surface area (Å²) in [4.78, 5) is 0. The van der Waals surface area contributed by atoms with Crippen molar-refractivity contribution in [1.82, 2.24) is 0 Å². The Morgan fingerprint density at radius 3 is 2.36 bits per heavy atom. The van der Waals surface area contributed by atoms with Gasteiger partial charge in [0, 0.05) is 0 Å². The van der Waals surface area contributed by atoms with Crippen molar-refractivity contribution in [3.63, 3.8) is 0 Å². The summed E-state index contributed by atoms with van der Waals surface area (Å²) >= 11 is 5.80. The first-order chi connectivity index (χ1) is 5.17. The molecule has 0 aromatic heterocycles. The van der Waals surface area contributed by atoms with Gasteiger partial charge in [0.05, 0.1) is 0 Å². The standard InChI is InChI=1S/C9H11ClO/c1-2-9(10,11)8-6-4-3-5-7-8/h3-7,11H,2H2,1H3/t9-/m0/s1. The minimum absolute atomic E-state index is 0.512. The van der Waals surface area contributed by atoms with Crippen LogP contribution in [-0.2, 0) is 5.06 Å². The normalized spacial score (nSPS) is 15.9. The third kappa shape index (κ3) is 1.95. The van der Waals surface area contributed by atoms with E-state index in [9.17, 15) is 5.11 Å². The number of hydrogen-bond acceptors (Lipinski definition) is 1. The van der Waals surface area contributed by atoms with Crippen molar-refractivity contribution >= 4 is 11.6 Å². The SMILES string of the molecule is CC[C@@](O)(Cl)c1ccccc1. The van der Waals surface area contributed by atoms with Crippen LogP contribution in [0.5, 0.6) is 0 Å². The van der Waals surface area contributed by atoms with E-state index < -0.39 is 5.06 Å². The monoisotopic (exact) mass is 170 g/mol. The molecule has 1 aromatic carbocycles. The lowest BCUT2D eigenvalue weighted by Crippen LogP contribution is -2.15. The molecular formula is C9H11ClO. The fraction of sp³-hybridized carbons (Fsp3) is 0.333. The highest BCUT2D eigenvalue weighted by Gasteiger charge is 2.22. The van der Waals surface area contributed by atoms with Crippen molar-refractivity contribution in [2.24, 2.45) is 0 Å². The van der Waals surface area contributed by atoms with Crippen molar-refractivity contribution < 1.29 is 5.11 Å². The van der Waals surface area contributed by atoms with E-state index in [0.717, 1.165) is 5.56 Å². The van der Waals surface area contributed by atoms with Crippen LogP contribution < -0.4 is 0 Å². The van der Waals surface area contributed by atoms with Gasteiger partial charge in [0.2, 0.25) is 0 Å². The molecule has 60 valence electrons. The quantitative estimate of drug-likeness (QED) is 0.677. The highest BCUT2D eigenvalue weighted by Crippen LogP contribution is 2.28. The van der Waals surface area contributed by atoms with E-state index in [1.54, 1.807) is 0 Å². The van der Waals surface area contributed by atoms with Crippen LogP contribution in [0.2, 0.25) is 0 Å². The van der Waals surface area contributed by atoms with Gasteiger partial charge in [-0.1, -0.05) is 48.9 Å². The topological polar surface area (TPSA) is 20.2 Å². The van der Waals surface area contributed by atoms with Crippen LogP contribution >= 0.6 is 11.6 Å². The van der Waals surface area contributed by atoms with Gasteiger partial charge >= 0.3 is 0 Å². The Morgan fingerprint density at radius 2 is 1.91 bits per heavy atom. The molecule has 0 amide bonds. The van der Waals surface area contributed by atoms with E-state index in [4.69, 9.17) is 11.6 Å². The molecule has 0 bridgehead atoms. The molecule has 0 unspecified atom stereocenters. The average Bonchev–Trinajstić information content (AvgIpc) is 2.06.